The van der Waals surface area contributed by atoms with Gasteiger partial charge in [0.05, 0.1) is 5.56 Å². The third-order valence-electron chi connectivity index (χ3n) is 4.81. The Labute approximate surface area is 169 Å². The first-order valence-electron chi connectivity index (χ1n) is 9.46. The Morgan fingerprint density at radius 1 is 1.43 bits per heavy atom. The molecule has 0 radical (unpaired) electrons. The Balaban J connectivity index is 0.00000300. The summed E-state index contributed by atoms with van der Waals surface area (Å²) in [5.74, 6) is 0.145. The number of pyridine rings is 2. The van der Waals surface area contributed by atoms with E-state index in [0.717, 1.165) is 26.1 Å². The van der Waals surface area contributed by atoms with Crippen molar-refractivity contribution in [1.82, 2.24) is 15.3 Å². The highest BCUT2D eigenvalue weighted by atomic mass is 19.1. The molecule has 154 valence electrons. The molecular formula is C21H32FN5O. The molecule has 0 unspecified atom stereocenters. The van der Waals surface area contributed by atoms with Crippen LogP contribution in [-0.2, 0) is 0 Å². The molecule has 1 saturated heterocycles. The first-order chi connectivity index (χ1) is 13.4. The molecule has 1 atom stereocenters. The van der Waals surface area contributed by atoms with Crippen molar-refractivity contribution >= 4 is 23.2 Å². The van der Waals surface area contributed by atoms with Gasteiger partial charge in [-0.05, 0) is 36.6 Å². The summed E-state index contributed by atoms with van der Waals surface area (Å²) in [5, 5.41) is 3.52. The van der Waals surface area contributed by atoms with Crippen LogP contribution in [0, 0.1) is 5.92 Å². The van der Waals surface area contributed by atoms with Crippen molar-refractivity contribution in [3.8, 4) is 0 Å². The number of nitrogens with one attached hydrogen (secondary N) is 1. The standard InChI is InChI=1S/C21H26FN5O.3H2/c1-13(2)11-15-12-27(10-9-24-15)18-7-6-16(14(3)22)19(26-18)20(28)17-5-4-8-25-21(17)23;;;/h4-8,13,15,24H,3,9-12H2,1-2H3,(H2,23,25);3*1H/t15-;;;/m0.../s1. The topological polar surface area (TPSA) is 84.1 Å². The lowest BCUT2D eigenvalue weighted by atomic mass is 10.0. The lowest BCUT2D eigenvalue weighted by molar-refractivity contribution is 0.103. The molecule has 1 fully saturated rings. The molecular weight excluding hydrogens is 357 g/mol. The molecule has 1 aliphatic rings. The molecule has 0 aliphatic carbocycles. The van der Waals surface area contributed by atoms with Crippen molar-refractivity contribution in [3.63, 3.8) is 0 Å². The van der Waals surface area contributed by atoms with Gasteiger partial charge in [0.15, 0.2) is 0 Å². The summed E-state index contributed by atoms with van der Waals surface area (Å²) in [6, 6.07) is 6.82. The Bertz CT molecular complexity index is 897. The first-order valence-corrected chi connectivity index (χ1v) is 9.46. The molecule has 6 nitrogen and oxygen atoms in total. The molecule has 1 aliphatic heterocycles. The lowest BCUT2D eigenvalue weighted by Gasteiger charge is -2.35. The third kappa shape index (κ3) is 4.36. The molecule has 0 saturated carbocycles. The molecule has 0 spiro atoms. The molecule has 7 heteroatoms. The fraction of sp³-hybridized carbons (Fsp3) is 0.381. The maximum absolute atomic E-state index is 14.0. The zero-order valence-corrected chi connectivity index (χ0v) is 16.3. The summed E-state index contributed by atoms with van der Waals surface area (Å²) in [4.78, 5) is 23.6. The summed E-state index contributed by atoms with van der Waals surface area (Å²) in [5.41, 5.74) is 6.12. The van der Waals surface area contributed by atoms with Crippen molar-refractivity contribution in [2.75, 3.05) is 30.3 Å². The van der Waals surface area contributed by atoms with Gasteiger partial charge >= 0.3 is 0 Å². The number of anilines is 2. The van der Waals surface area contributed by atoms with E-state index in [1.54, 1.807) is 24.3 Å². The highest BCUT2D eigenvalue weighted by molar-refractivity contribution is 6.12. The van der Waals surface area contributed by atoms with Crippen LogP contribution in [0.5, 0.6) is 0 Å². The fourth-order valence-corrected chi connectivity index (χ4v) is 3.51. The van der Waals surface area contributed by atoms with Crippen LogP contribution in [0.25, 0.3) is 5.83 Å². The number of halogens is 1. The minimum absolute atomic E-state index is 0. The number of nitrogens with zero attached hydrogens (tertiary/aromatic N) is 3. The van der Waals surface area contributed by atoms with Crippen LogP contribution in [0.2, 0.25) is 0 Å². The molecule has 0 bridgehead atoms. The molecule has 0 amide bonds. The van der Waals surface area contributed by atoms with Gasteiger partial charge in [0.1, 0.15) is 23.2 Å². The van der Waals surface area contributed by atoms with Crippen LogP contribution in [0.15, 0.2) is 37.0 Å². The zero-order chi connectivity index (χ0) is 20.3. The molecule has 2 aromatic heterocycles. The minimum Gasteiger partial charge on any atom is -0.383 e. The average Bonchev–Trinajstić information content (AvgIpc) is 2.67. The highest BCUT2D eigenvalue weighted by Gasteiger charge is 2.25. The number of aromatic nitrogens is 2. The van der Waals surface area contributed by atoms with E-state index < -0.39 is 11.6 Å². The molecule has 28 heavy (non-hydrogen) atoms. The number of hydrogen-bond donors (Lipinski definition) is 2. The highest BCUT2D eigenvalue weighted by Crippen LogP contribution is 2.26. The van der Waals surface area contributed by atoms with Gasteiger partial charge in [-0.3, -0.25) is 4.79 Å². The summed E-state index contributed by atoms with van der Waals surface area (Å²) >= 11 is 0. The zero-order valence-electron chi connectivity index (χ0n) is 16.3. The van der Waals surface area contributed by atoms with Crippen molar-refractivity contribution in [2.24, 2.45) is 5.92 Å². The number of carbonyl (C=O) groups excluding carboxylic acids is 1. The molecule has 3 heterocycles. The van der Waals surface area contributed by atoms with E-state index in [1.807, 2.05) is 0 Å². The van der Waals surface area contributed by atoms with E-state index in [-0.39, 0.29) is 26.9 Å². The number of nitrogen functional groups attached to an aromatic ring is 1. The van der Waals surface area contributed by atoms with E-state index in [4.69, 9.17) is 5.73 Å². The molecule has 3 rings (SSSR count). The number of piperazine rings is 1. The summed E-state index contributed by atoms with van der Waals surface area (Å²) in [7, 11) is 0. The maximum Gasteiger partial charge on any atom is 0.215 e. The van der Waals surface area contributed by atoms with Gasteiger partial charge < -0.3 is 16.0 Å². The van der Waals surface area contributed by atoms with E-state index in [0.29, 0.717) is 17.8 Å². The van der Waals surface area contributed by atoms with Crippen LogP contribution >= 0.6 is 0 Å². The van der Waals surface area contributed by atoms with Crippen molar-refractivity contribution in [3.05, 3.63) is 53.9 Å². The van der Waals surface area contributed by atoms with Crippen LogP contribution in [0.3, 0.4) is 0 Å². The summed E-state index contributed by atoms with van der Waals surface area (Å²) in [6.45, 7) is 10.1. The Hall–Kier alpha value is -2.80. The Morgan fingerprint density at radius 2 is 2.21 bits per heavy atom. The molecule has 3 N–H and O–H groups in total. The average molecular weight is 390 g/mol. The number of hydrogen-bond acceptors (Lipinski definition) is 6. The molecule has 0 aromatic carbocycles. The smallest absolute Gasteiger partial charge is 0.215 e. The number of rotatable bonds is 6. The van der Waals surface area contributed by atoms with Gasteiger partial charge in [-0.15, -0.1) is 0 Å². The van der Waals surface area contributed by atoms with E-state index >= 15 is 0 Å². The quantitative estimate of drug-likeness (QED) is 0.731. The summed E-state index contributed by atoms with van der Waals surface area (Å²) in [6.07, 6.45) is 2.55. The lowest BCUT2D eigenvalue weighted by Crippen LogP contribution is -2.51. The van der Waals surface area contributed by atoms with E-state index in [2.05, 4.69) is 40.6 Å². The van der Waals surface area contributed by atoms with Gasteiger partial charge in [-0.25, -0.2) is 14.4 Å². The first kappa shape index (κ1) is 19.9. The maximum atomic E-state index is 14.0. The van der Waals surface area contributed by atoms with Crippen LogP contribution < -0.4 is 16.0 Å². The van der Waals surface area contributed by atoms with Crippen LogP contribution in [-0.4, -0.2) is 41.4 Å². The second-order valence-electron chi connectivity index (χ2n) is 7.46. The van der Waals surface area contributed by atoms with Crippen LogP contribution in [0.4, 0.5) is 16.0 Å². The van der Waals surface area contributed by atoms with E-state index in [1.165, 1.54) is 6.20 Å². The van der Waals surface area contributed by atoms with Gasteiger partial charge in [0.25, 0.3) is 0 Å². The van der Waals surface area contributed by atoms with Crippen molar-refractivity contribution in [2.45, 2.75) is 26.3 Å². The SMILES string of the molecule is C=C(F)c1ccc(N2CCN[C@@H](CC(C)C)C2)nc1C(=O)c1cccnc1N.[HH].[HH].[HH]. The normalized spacial score (nSPS) is 17.0. The number of carbonyl (C=O) groups is 1. The Morgan fingerprint density at radius 3 is 2.89 bits per heavy atom. The minimum atomic E-state index is -0.706. The Kier molecular flexibility index (Phi) is 6.04. The van der Waals surface area contributed by atoms with Gasteiger partial charge in [0.2, 0.25) is 5.78 Å². The summed E-state index contributed by atoms with van der Waals surface area (Å²) < 4.78 is 14.0. The largest absolute Gasteiger partial charge is 0.383 e. The van der Waals surface area contributed by atoms with Gasteiger partial charge in [-0.1, -0.05) is 20.4 Å². The fourth-order valence-electron chi connectivity index (χ4n) is 3.51. The monoisotopic (exact) mass is 389 g/mol. The second-order valence-corrected chi connectivity index (χ2v) is 7.46. The van der Waals surface area contributed by atoms with Crippen molar-refractivity contribution in [1.29, 1.82) is 0 Å². The number of ketones is 1. The predicted octanol–water partition coefficient (Wildman–Crippen LogP) is 3.79. The van der Waals surface area contributed by atoms with Gasteiger partial charge in [0, 0.05) is 41.7 Å². The van der Waals surface area contributed by atoms with E-state index in [9.17, 15) is 9.18 Å². The van der Waals surface area contributed by atoms with Gasteiger partial charge in [-0.2, -0.15) is 0 Å². The number of nitrogens with two attached hydrogens (primary N) is 1. The molecule has 2 aromatic rings. The van der Waals surface area contributed by atoms with Crippen molar-refractivity contribution < 1.29 is 13.5 Å². The predicted molar refractivity (Wildman–Crippen MR) is 116 cm³/mol. The third-order valence-corrected chi connectivity index (χ3v) is 4.81. The second kappa shape index (κ2) is 8.48. The van der Waals surface area contributed by atoms with Crippen LogP contribution in [0.1, 0.15) is 46.2 Å².